The van der Waals surface area contributed by atoms with Gasteiger partial charge in [0.15, 0.2) is 0 Å². The Balaban J connectivity index is 1.83. The van der Waals surface area contributed by atoms with Crippen molar-refractivity contribution in [2.24, 2.45) is 0 Å². The average Bonchev–Trinajstić information content (AvgIpc) is 2.69. The molecule has 2 unspecified atom stereocenters. The van der Waals surface area contributed by atoms with E-state index in [1.54, 1.807) is 24.3 Å². The normalized spacial score (nSPS) is 13.0. The van der Waals surface area contributed by atoms with E-state index in [-0.39, 0.29) is 17.5 Å². The lowest BCUT2D eigenvalue weighted by Crippen LogP contribution is -2.15. The lowest BCUT2D eigenvalue weighted by atomic mass is 9.96. The van der Waals surface area contributed by atoms with Crippen LogP contribution >= 0.6 is 15.9 Å². The number of nitro groups is 1. The molecule has 3 aromatic carbocycles. The topological polar surface area (TPSA) is 75.4 Å². The highest BCUT2D eigenvalue weighted by Gasteiger charge is 2.19. The summed E-state index contributed by atoms with van der Waals surface area (Å²) < 4.78 is 14.1. The molecule has 0 aromatic heterocycles. The van der Waals surface area contributed by atoms with Crippen molar-refractivity contribution >= 4 is 27.3 Å². The van der Waals surface area contributed by atoms with Gasteiger partial charge in [0, 0.05) is 28.7 Å². The molecule has 0 aliphatic heterocycles. The van der Waals surface area contributed by atoms with Crippen molar-refractivity contribution in [3.63, 3.8) is 0 Å². The number of hydrogen-bond acceptors (Lipinski definition) is 4. The minimum atomic E-state index is -0.806. The summed E-state index contributed by atoms with van der Waals surface area (Å²) in [5.74, 6) is -0.357. The number of nitrogens with zero attached hydrogens (tertiary/aromatic N) is 1. The summed E-state index contributed by atoms with van der Waals surface area (Å²) in [7, 11) is 0. The van der Waals surface area contributed by atoms with Crippen molar-refractivity contribution < 1.29 is 14.4 Å². The molecule has 3 aromatic rings. The lowest BCUT2D eigenvalue weighted by Gasteiger charge is -2.23. The summed E-state index contributed by atoms with van der Waals surface area (Å²) in [4.78, 5) is 10.4. The molecule has 0 saturated heterocycles. The molecule has 0 aliphatic carbocycles. The zero-order chi connectivity index (χ0) is 20.1. The van der Waals surface area contributed by atoms with Crippen LogP contribution in [0.4, 0.5) is 15.8 Å². The Labute approximate surface area is 170 Å². The van der Waals surface area contributed by atoms with Gasteiger partial charge < -0.3 is 10.4 Å². The molecule has 0 aliphatic rings. The third-order valence-corrected chi connectivity index (χ3v) is 4.93. The van der Waals surface area contributed by atoms with Crippen molar-refractivity contribution in [1.82, 2.24) is 0 Å². The second-order valence-corrected chi connectivity index (χ2v) is 7.27. The highest BCUT2D eigenvalue weighted by molar-refractivity contribution is 9.10. The van der Waals surface area contributed by atoms with Gasteiger partial charge in [0.05, 0.1) is 17.1 Å². The van der Waals surface area contributed by atoms with Gasteiger partial charge in [-0.1, -0.05) is 40.2 Å². The number of hydrogen-bond donors (Lipinski definition) is 2. The van der Waals surface area contributed by atoms with Gasteiger partial charge in [-0.15, -0.1) is 0 Å². The molecule has 7 heteroatoms. The predicted octanol–water partition coefficient (Wildman–Crippen LogP) is 5.77. The maximum Gasteiger partial charge on any atom is 0.269 e. The number of benzene rings is 3. The van der Waals surface area contributed by atoms with Crippen LogP contribution in [0.15, 0.2) is 77.3 Å². The number of nitrogens with one attached hydrogen (secondary N) is 1. The number of halogens is 2. The van der Waals surface area contributed by atoms with Gasteiger partial charge in [-0.25, -0.2) is 4.39 Å². The van der Waals surface area contributed by atoms with Crippen LogP contribution in [0.1, 0.15) is 29.7 Å². The van der Waals surface area contributed by atoms with Gasteiger partial charge in [-0.3, -0.25) is 10.1 Å². The molecular formula is C21H18BrFN2O3. The van der Waals surface area contributed by atoms with Crippen LogP contribution in [-0.2, 0) is 0 Å². The van der Waals surface area contributed by atoms with Crippen LogP contribution in [-0.4, -0.2) is 10.0 Å². The second-order valence-electron chi connectivity index (χ2n) is 6.36. The number of nitro benzene ring substituents is 1. The molecule has 0 spiro atoms. The summed E-state index contributed by atoms with van der Waals surface area (Å²) >= 11 is 3.41. The molecule has 2 atom stereocenters. The average molecular weight is 445 g/mol. The van der Waals surface area contributed by atoms with Crippen molar-refractivity contribution in [2.45, 2.75) is 18.6 Å². The molecule has 0 amide bonds. The second kappa shape index (κ2) is 8.95. The third-order valence-electron chi connectivity index (χ3n) is 4.41. The Morgan fingerprint density at radius 3 is 2.11 bits per heavy atom. The summed E-state index contributed by atoms with van der Waals surface area (Å²) in [6.45, 7) is 0. The molecule has 0 saturated carbocycles. The first-order chi connectivity index (χ1) is 13.4. The summed E-state index contributed by atoms with van der Waals surface area (Å²) in [5, 5.41) is 24.8. The molecule has 0 radical (unpaired) electrons. The van der Waals surface area contributed by atoms with Gasteiger partial charge in [0.25, 0.3) is 5.69 Å². The Bertz CT molecular complexity index is 931. The number of aliphatic hydroxyl groups excluding tert-OH is 1. The fourth-order valence-corrected chi connectivity index (χ4v) is 3.16. The molecule has 0 heterocycles. The number of rotatable bonds is 7. The van der Waals surface area contributed by atoms with Crippen molar-refractivity contribution in [3.05, 3.63) is 104 Å². The molecule has 28 heavy (non-hydrogen) atoms. The van der Waals surface area contributed by atoms with Gasteiger partial charge in [-0.2, -0.15) is 0 Å². The Morgan fingerprint density at radius 2 is 1.54 bits per heavy atom. The molecule has 0 bridgehead atoms. The zero-order valence-electron chi connectivity index (χ0n) is 14.8. The van der Waals surface area contributed by atoms with E-state index in [1.165, 1.54) is 24.3 Å². The Kier molecular flexibility index (Phi) is 6.38. The van der Waals surface area contributed by atoms with Crippen LogP contribution in [0.25, 0.3) is 0 Å². The van der Waals surface area contributed by atoms with E-state index in [4.69, 9.17) is 0 Å². The summed E-state index contributed by atoms with van der Waals surface area (Å²) in [6, 6.07) is 19.3. The summed E-state index contributed by atoms with van der Waals surface area (Å²) in [5.41, 5.74) is 2.28. The summed E-state index contributed by atoms with van der Waals surface area (Å²) in [6.07, 6.45) is -0.468. The van der Waals surface area contributed by atoms with Crippen molar-refractivity contribution in [1.29, 1.82) is 0 Å². The van der Waals surface area contributed by atoms with E-state index >= 15 is 0 Å². The van der Waals surface area contributed by atoms with E-state index in [0.29, 0.717) is 17.7 Å². The highest BCUT2D eigenvalue weighted by atomic mass is 79.9. The molecule has 5 nitrogen and oxygen atoms in total. The fraction of sp³-hybridized carbons (Fsp3) is 0.143. The van der Waals surface area contributed by atoms with Gasteiger partial charge >= 0.3 is 0 Å². The fourth-order valence-electron chi connectivity index (χ4n) is 2.90. The number of anilines is 1. The van der Waals surface area contributed by atoms with E-state index in [9.17, 15) is 19.6 Å². The van der Waals surface area contributed by atoms with Crippen LogP contribution in [0.2, 0.25) is 0 Å². The van der Waals surface area contributed by atoms with Crippen LogP contribution in [0.5, 0.6) is 0 Å². The molecule has 3 rings (SSSR count). The van der Waals surface area contributed by atoms with Crippen LogP contribution in [0, 0.1) is 15.9 Å². The monoisotopic (exact) mass is 444 g/mol. The third kappa shape index (κ3) is 5.15. The minimum absolute atomic E-state index is 0.0112. The SMILES string of the molecule is O=[N+]([O-])c1ccc(NC(CC(O)c2ccc(F)cc2)c2ccc(Br)cc2)cc1. The van der Waals surface area contributed by atoms with Crippen LogP contribution in [0.3, 0.4) is 0 Å². The van der Waals surface area contributed by atoms with E-state index in [0.717, 1.165) is 10.0 Å². The highest BCUT2D eigenvalue weighted by Crippen LogP contribution is 2.31. The Hall–Kier alpha value is -2.77. The van der Waals surface area contributed by atoms with Crippen LogP contribution < -0.4 is 5.32 Å². The quantitative estimate of drug-likeness (QED) is 0.358. The Morgan fingerprint density at radius 1 is 0.964 bits per heavy atom. The largest absolute Gasteiger partial charge is 0.388 e. The van der Waals surface area contributed by atoms with Crippen molar-refractivity contribution in [2.75, 3.05) is 5.32 Å². The van der Waals surface area contributed by atoms with E-state index in [1.807, 2.05) is 24.3 Å². The molecule has 2 N–H and O–H groups in total. The maximum atomic E-state index is 13.1. The molecular weight excluding hydrogens is 427 g/mol. The van der Waals surface area contributed by atoms with E-state index < -0.39 is 11.0 Å². The smallest absolute Gasteiger partial charge is 0.269 e. The predicted molar refractivity (Wildman–Crippen MR) is 110 cm³/mol. The van der Waals surface area contributed by atoms with E-state index in [2.05, 4.69) is 21.2 Å². The lowest BCUT2D eigenvalue weighted by molar-refractivity contribution is -0.384. The van der Waals surface area contributed by atoms with Crippen molar-refractivity contribution in [3.8, 4) is 0 Å². The first kappa shape index (κ1) is 20.0. The first-order valence-electron chi connectivity index (χ1n) is 8.62. The standard InChI is InChI=1S/C21H18BrFN2O3/c22-16-5-1-14(2-6-16)20(13-21(26)15-3-7-17(23)8-4-15)24-18-9-11-19(12-10-18)25(27)28/h1-12,20-21,24,26H,13H2. The van der Waals surface area contributed by atoms with Gasteiger partial charge in [-0.05, 0) is 47.5 Å². The maximum absolute atomic E-state index is 13.1. The molecule has 144 valence electrons. The minimum Gasteiger partial charge on any atom is -0.388 e. The molecule has 0 fully saturated rings. The number of non-ortho nitro benzene ring substituents is 1. The zero-order valence-corrected chi connectivity index (χ0v) is 16.3. The first-order valence-corrected chi connectivity index (χ1v) is 9.41. The van der Waals surface area contributed by atoms with Gasteiger partial charge in [0.1, 0.15) is 5.82 Å². The van der Waals surface area contributed by atoms with Gasteiger partial charge in [0.2, 0.25) is 0 Å². The number of aliphatic hydroxyl groups is 1.